The average Bonchev–Trinajstić information content (AvgIpc) is 3.13. The zero-order valence-corrected chi connectivity index (χ0v) is 28.6. The van der Waals surface area contributed by atoms with E-state index in [1.807, 2.05) is 48.5 Å². The first-order valence-electron chi connectivity index (χ1n) is 17.8. The largest absolute Gasteiger partial charge is 0.508 e. The van der Waals surface area contributed by atoms with Crippen molar-refractivity contribution in [3.63, 3.8) is 0 Å². The summed E-state index contributed by atoms with van der Waals surface area (Å²) in [5, 5.41) is 16.4. The number of hydrogen-bond acceptors (Lipinski definition) is 6. The fraction of sp³-hybridized carbons (Fsp3) is 0.400. The number of carbonyl (C=O) groups excluding carboxylic acids is 4. The molecule has 0 radical (unpaired) electrons. The first-order valence-corrected chi connectivity index (χ1v) is 17.8. The Kier molecular flexibility index (Phi) is 11.3. The number of carbonyl (C=O) groups is 4. The van der Waals surface area contributed by atoms with E-state index in [0.29, 0.717) is 31.0 Å². The van der Waals surface area contributed by atoms with E-state index < -0.39 is 12.2 Å². The Hall–Kier alpha value is -4.96. The van der Waals surface area contributed by atoms with Gasteiger partial charge in [-0.25, -0.2) is 10.0 Å². The van der Waals surface area contributed by atoms with Gasteiger partial charge < -0.3 is 20.2 Å². The summed E-state index contributed by atoms with van der Waals surface area (Å²) in [6.07, 6.45) is 7.87. The van der Waals surface area contributed by atoms with E-state index in [9.17, 15) is 24.3 Å². The van der Waals surface area contributed by atoms with Gasteiger partial charge in [-0.1, -0.05) is 79.9 Å². The third-order valence-electron chi connectivity index (χ3n) is 10.1. The van der Waals surface area contributed by atoms with Gasteiger partial charge in [0, 0.05) is 38.0 Å². The SMILES string of the molecule is C=CCN1CC(=O)N2[C@@H](Cc3ccc(O)cc3)C(=O)N(Cc3cccc(C(=O)NCC4CCCCC4)c3)C[C@@H]2N1C(=O)CCc1ccccc1. The predicted octanol–water partition coefficient (Wildman–Crippen LogP) is 4.69. The quantitative estimate of drug-likeness (QED) is 0.269. The third-order valence-corrected chi connectivity index (χ3v) is 10.1. The highest BCUT2D eigenvalue weighted by atomic mass is 16.3. The maximum Gasteiger partial charge on any atom is 0.251 e. The van der Waals surface area contributed by atoms with Crippen LogP contribution < -0.4 is 5.32 Å². The molecule has 3 fully saturated rings. The van der Waals surface area contributed by atoms with E-state index in [-0.39, 0.29) is 61.9 Å². The lowest BCUT2D eigenvalue weighted by Gasteiger charge is -2.55. The van der Waals surface area contributed by atoms with Crippen molar-refractivity contribution in [1.29, 1.82) is 0 Å². The summed E-state index contributed by atoms with van der Waals surface area (Å²) in [6.45, 7) is 5.09. The zero-order chi connectivity index (χ0) is 35.0. The average molecular weight is 678 g/mol. The Morgan fingerprint density at radius 3 is 2.38 bits per heavy atom. The van der Waals surface area contributed by atoms with Crippen molar-refractivity contribution < 1.29 is 24.3 Å². The number of rotatable bonds is 12. The number of nitrogens with one attached hydrogen (secondary N) is 1. The molecule has 0 bridgehead atoms. The summed E-state index contributed by atoms with van der Waals surface area (Å²) in [7, 11) is 0. The summed E-state index contributed by atoms with van der Waals surface area (Å²) < 4.78 is 0. The molecule has 2 atom stereocenters. The highest BCUT2D eigenvalue weighted by Gasteiger charge is 2.51. The lowest BCUT2D eigenvalue weighted by molar-refractivity contribution is -0.205. The second-order valence-corrected chi connectivity index (χ2v) is 13.7. The van der Waals surface area contributed by atoms with Crippen LogP contribution in [-0.2, 0) is 33.8 Å². The van der Waals surface area contributed by atoms with Gasteiger partial charge in [-0.05, 0) is 66.1 Å². The molecular weight excluding hydrogens is 630 g/mol. The molecule has 3 aliphatic rings. The molecule has 2 saturated heterocycles. The van der Waals surface area contributed by atoms with Gasteiger partial charge in [0.1, 0.15) is 18.0 Å². The van der Waals surface area contributed by atoms with Gasteiger partial charge >= 0.3 is 0 Å². The zero-order valence-electron chi connectivity index (χ0n) is 28.6. The van der Waals surface area contributed by atoms with Crippen LogP contribution in [0.2, 0.25) is 0 Å². The standard InChI is InChI=1S/C40H47N5O5/c1-2-22-43-28-38(48)44-35(24-30-16-19-34(46)20-17-30)40(50)42(27-36(44)45(43)37(47)21-18-29-10-5-3-6-11-29)26-32-14-9-15-33(23-32)39(49)41-25-31-12-7-4-8-13-31/h2-3,5-6,9-11,14-17,19-20,23,31,35-36,46H,1,4,7-8,12-13,18,21-22,24-28H2,(H,41,49)/t35-,36-/m0/s1. The van der Waals surface area contributed by atoms with Gasteiger partial charge in [-0.3, -0.25) is 19.2 Å². The lowest BCUT2D eigenvalue weighted by atomic mass is 9.89. The number of aryl methyl sites for hydroxylation is 1. The molecule has 10 nitrogen and oxygen atoms in total. The number of amides is 4. The molecule has 2 aliphatic heterocycles. The van der Waals surface area contributed by atoms with Crippen LogP contribution in [0, 0.1) is 5.92 Å². The van der Waals surface area contributed by atoms with Crippen molar-refractivity contribution in [2.45, 2.75) is 70.1 Å². The highest BCUT2D eigenvalue weighted by Crippen LogP contribution is 2.30. The molecule has 4 amide bonds. The number of hydrazine groups is 1. The maximum atomic E-state index is 14.4. The molecule has 262 valence electrons. The van der Waals surface area contributed by atoms with E-state index in [4.69, 9.17) is 0 Å². The monoisotopic (exact) mass is 677 g/mol. The topological polar surface area (TPSA) is 114 Å². The van der Waals surface area contributed by atoms with Crippen LogP contribution in [0.3, 0.4) is 0 Å². The molecule has 10 heteroatoms. The fourth-order valence-corrected chi connectivity index (χ4v) is 7.53. The molecule has 0 aromatic heterocycles. The minimum atomic E-state index is -0.872. The lowest BCUT2D eigenvalue weighted by Crippen LogP contribution is -2.75. The van der Waals surface area contributed by atoms with Crippen LogP contribution in [0.25, 0.3) is 0 Å². The van der Waals surface area contributed by atoms with Gasteiger partial charge in [0.15, 0.2) is 0 Å². The van der Waals surface area contributed by atoms with Crippen LogP contribution in [-0.4, -0.2) is 86.9 Å². The van der Waals surface area contributed by atoms with Crippen LogP contribution in [0.4, 0.5) is 0 Å². The molecule has 0 spiro atoms. The van der Waals surface area contributed by atoms with Crippen molar-refractivity contribution in [3.05, 3.63) is 114 Å². The number of phenolic OH excluding ortho intramolecular Hbond substituents is 1. The molecule has 50 heavy (non-hydrogen) atoms. The molecule has 2 heterocycles. The number of phenols is 1. The number of fused-ring (bicyclic) bond motifs is 1. The van der Waals surface area contributed by atoms with Crippen molar-refractivity contribution in [2.24, 2.45) is 5.92 Å². The van der Waals surface area contributed by atoms with Crippen molar-refractivity contribution in [1.82, 2.24) is 25.1 Å². The van der Waals surface area contributed by atoms with E-state index in [1.54, 1.807) is 56.2 Å². The number of hydrogen-bond donors (Lipinski definition) is 2. The first kappa shape index (κ1) is 34.9. The Balaban J connectivity index is 1.27. The molecule has 0 unspecified atom stereocenters. The van der Waals surface area contributed by atoms with Crippen molar-refractivity contribution in [3.8, 4) is 5.75 Å². The summed E-state index contributed by atoms with van der Waals surface area (Å²) in [5.74, 6) is -0.136. The van der Waals surface area contributed by atoms with Crippen LogP contribution in [0.15, 0.2) is 91.5 Å². The predicted molar refractivity (Wildman–Crippen MR) is 190 cm³/mol. The van der Waals surface area contributed by atoms with Crippen LogP contribution in [0.1, 0.15) is 65.6 Å². The summed E-state index contributed by atoms with van der Waals surface area (Å²) in [5.41, 5.74) is 3.14. The maximum absolute atomic E-state index is 14.4. The normalized spacial score (nSPS) is 20.0. The molecule has 6 rings (SSSR count). The van der Waals surface area contributed by atoms with Gasteiger partial charge in [-0.15, -0.1) is 6.58 Å². The van der Waals surface area contributed by atoms with Crippen LogP contribution in [0.5, 0.6) is 5.75 Å². The van der Waals surface area contributed by atoms with Gasteiger partial charge in [-0.2, -0.15) is 0 Å². The molecule has 3 aromatic rings. The molecule has 1 aliphatic carbocycles. The Morgan fingerprint density at radius 2 is 1.64 bits per heavy atom. The number of aromatic hydroxyl groups is 1. The van der Waals surface area contributed by atoms with E-state index in [2.05, 4.69) is 11.9 Å². The second kappa shape index (κ2) is 16.2. The minimum Gasteiger partial charge on any atom is -0.508 e. The number of nitrogens with zero attached hydrogens (tertiary/aromatic N) is 4. The van der Waals surface area contributed by atoms with E-state index in [1.165, 1.54) is 19.3 Å². The highest BCUT2D eigenvalue weighted by molar-refractivity contribution is 5.94. The second-order valence-electron chi connectivity index (χ2n) is 13.7. The van der Waals surface area contributed by atoms with Gasteiger partial charge in [0.25, 0.3) is 5.91 Å². The first-order chi connectivity index (χ1) is 24.3. The minimum absolute atomic E-state index is 0.0586. The summed E-state index contributed by atoms with van der Waals surface area (Å²) in [4.78, 5) is 58.8. The summed E-state index contributed by atoms with van der Waals surface area (Å²) in [6, 6.07) is 22.9. The third kappa shape index (κ3) is 8.25. The van der Waals surface area contributed by atoms with Crippen molar-refractivity contribution >= 4 is 23.6 Å². The van der Waals surface area contributed by atoms with Crippen LogP contribution >= 0.6 is 0 Å². The van der Waals surface area contributed by atoms with Crippen molar-refractivity contribution in [2.75, 3.05) is 26.2 Å². The molecule has 3 aromatic carbocycles. The number of piperazine rings is 1. The smallest absolute Gasteiger partial charge is 0.251 e. The Bertz CT molecular complexity index is 1670. The van der Waals surface area contributed by atoms with Gasteiger partial charge in [0.2, 0.25) is 17.7 Å². The Morgan fingerprint density at radius 1 is 0.900 bits per heavy atom. The molecule has 2 N–H and O–H groups in total. The molecule has 1 saturated carbocycles. The van der Waals surface area contributed by atoms with E-state index >= 15 is 0 Å². The van der Waals surface area contributed by atoms with Gasteiger partial charge in [0.05, 0.1) is 13.1 Å². The number of benzene rings is 3. The molecular formula is C40H47N5O5. The van der Waals surface area contributed by atoms with E-state index in [0.717, 1.165) is 29.5 Å². The Labute approximate surface area is 294 Å². The fourth-order valence-electron chi connectivity index (χ4n) is 7.53. The summed E-state index contributed by atoms with van der Waals surface area (Å²) >= 11 is 0.